The van der Waals surface area contributed by atoms with Crippen molar-refractivity contribution in [1.29, 1.82) is 0 Å². The fourth-order valence-corrected chi connectivity index (χ4v) is 9.45. The number of nitrogens with one attached hydrogen (secondary N) is 2. The van der Waals surface area contributed by atoms with Crippen molar-refractivity contribution < 1.29 is 45.5 Å². The molecule has 14 heteroatoms. The molecule has 1 radical (unpaired) electrons. The van der Waals surface area contributed by atoms with Crippen molar-refractivity contribution in [2.24, 2.45) is 0 Å². The van der Waals surface area contributed by atoms with Gasteiger partial charge in [0.05, 0.1) is 0 Å². The van der Waals surface area contributed by atoms with E-state index in [1.807, 2.05) is 146 Å². The average Bonchev–Trinajstić information content (AvgIpc) is 3.43. The Morgan fingerprint density at radius 2 is 0.960 bits per heavy atom. The molecule has 5 N–H and O–H groups in total. The molecule has 0 bridgehead atoms. The average molecular weight is 1130 g/mol. The van der Waals surface area contributed by atoms with Gasteiger partial charge in [-0.3, -0.25) is 0 Å². The van der Waals surface area contributed by atoms with E-state index in [1.54, 1.807) is 36.4 Å². The first-order valence-electron chi connectivity index (χ1n) is 24.4. The van der Waals surface area contributed by atoms with Crippen LogP contribution in [-0.4, -0.2) is 38.3 Å². The van der Waals surface area contributed by atoms with Crippen molar-refractivity contribution in [1.82, 2.24) is 10.6 Å². The Hall–Kier alpha value is -5.69. The topological polar surface area (TPSA) is 142 Å². The first-order valence-corrected chi connectivity index (χ1v) is 28.1. The fourth-order valence-electron chi connectivity index (χ4n) is 8.31. The van der Waals surface area contributed by atoms with Crippen LogP contribution in [0.2, 0.25) is 0 Å². The Balaban J connectivity index is 0.000000271. The van der Waals surface area contributed by atoms with E-state index in [4.69, 9.17) is 9.68 Å². The summed E-state index contributed by atoms with van der Waals surface area (Å²) in [5.41, 5.74) is 10.1. The van der Waals surface area contributed by atoms with Crippen LogP contribution >= 0.6 is 9.69 Å². The number of hydrogen-bond acceptors (Lipinski definition) is 8. The monoisotopic (exact) mass is 1130 g/mol. The summed E-state index contributed by atoms with van der Waals surface area (Å²) < 4.78 is 36.6. The third kappa shape index (κ3) is 19.4. The molecular weight excluding hydrogens is 1060 g/mol. The predicted octanol–water partition coefficient (Wildman–Crippen LogP) is 12.5. The van der Waals surface area contributed by atoms with Gasteiger partial charge in [-0.05, 0) is 71.2 Å². The second kappa shape index (κ2) is 32.7. The van der Waals surface area contributed by atoms with Crippen LogP contribution in [0.3, 0.4) is 0 Å². The number of rotatable bonds is 19. The Kier molecular flexibility index (Phi) is 27.0. The molecule has 4 atom stereocenters. The van der Waals surface area contributed by atoms with Gasteiger partial charge in [0.2, 0.25) is 0 Å². The molecule has 0 aliphatic carbocycles. The molecule has 389 valence electrons. The van der Waals surface area contributed by atoms with Crippen molar-refractivity contribution in [3.63, 3.8) is 0 Å². The van der Waals surface area contributed by atoms with Crippen LogP contribution in [0.5, 0.6) is 5.75 Å². The zero-order valence-corrected chi connectivity index (χ0v) is 46.7. The molecule has 0 unspecified atom stereocenters. The summed E-state index contributed by atoms with van der Waals surface area (Å²) in [6, 6.07) is 68.9. The zero-order chi connectivity index (χ0) is 53.3. The second-order valence-corrected chi connectivity index (χ2v) is 19.6. The molecule has 0 spiro atoms. The van der Waals surface area contributed by atoms with E-state index >= 15 is 0 Å². The molecule has 9 nitrogen and oxygen atoms in total. The van der Waals surface area contributed by atoms with Gasteiger partial charge in [-0.25, -0.2) is 8.42 Å². The van der Waals surface area contributed by atoms with Crippen molar-refractivity contribution >= 4 is 40.0 Å². The summed E-state index contributed by atoms with van der Waals surface area (Å²) in [5, 5.41) is 35.5. The molecule has 0 aliphatic heterocycles. The van der Waals surface area contributed by atoms with Gasteiger partial charge in [0, 0.05) is 41.6 Å². The van der Waals surface area contributed by atoms with Crippen LogP contribution in [0.15, 0.2) is 223 Å². The fraction of sp³-hybridized carbons (Fsp3) is 0.197. The predicted molar refractivity (Wildman–Crippen MR) is 307 cm³/mol. The Bertz CT molecular complexity index is 2930. The van der Waals surface area contributed by atoms with Gasteiger partial charge < -0.3 is 42.5 Å². The third-order valence-electron chi connectivity index (χ3n) is 12.4. The van der Waals surface area contributed by atoms with E-state index in [-0.39, 0.29) is 24.3 Å². The normalized spacial score (nSPS) is 12.3. The van der Waals surface area contributed by atoms with Crippen molar-refractivity contribution in [2.45, 2.75) is 82.6 Å². The molecule has 8 rings (SSSR count). The van der Waals surface area contributed by atoms with Gasteiger partial charge >= 0.3 is 41.8 Å². The number of para-hydroxylation sites is 1. The minimum absolute atomic E-state index is 0. The molecule has 8 aromatic rings. The van der Waals surface area contributed by atoms with Crippen molar-refractivity contribution in [2.75, 3.05) is 0 Å². The third-order valence-corrected chi connectivity index (χ3v) is 13.8. The van der Waals surface area contributed by atoms with Crippen LogP contribution in [0.25, 0.3) is 4.72 Å². The summed E-state index contributed by atoms with van der Waals surface area (Å²) in [4.78, 5) is 0.151. The summed E-state index contributed by atoms with van der Waals surface area (Å²) in [5.74, 6) is 1.42. The first-order chi connectivity index (χ1) is 35.8. The van der Waals surface area contributed by atoms with Gasteiger partial charge in [-0.15, -0.1) is 0 Å². The number of hydrogen-bond donors (Lipinski definition) is 5. The second-order valence-electron chi connectivity index (χ2n) is 18.0. The van der Waals surface area contributed by atoms with E-state index in [0.29, 0.717) is 37.9 Å². The minimum atomic E-state index is -3.95. The molecule has 75 heavy (non-hydrogen) atoms. The van der Waals surface area contributed by atoms with Crippen LogP contribution in [0.1, 0.15) is 101 Å². The van der Waals surface area contributed by atoms with Crippen LogP contribution in [0, 0.1) is 21.3 Å². The molecule has 0 amide bonds. The summed E-state index contributed by atoms with van der Waals surface area (Å²) in [6.07, 6.45) is 0. The van der Waals surface area contributed by atoms with Gasteiger partial charge in [0.25, 0.3) is 0 Å². The molecule has 0 saturated heterocycles. The number of benzene rings is 8. The van der Waals surface area contributed by atoms with Gasteiger partial charge in [-0.1, -0.05) is 244 Å². The van der Waals surface area contributed by atoms with E-state index in [2.05, 4.69) is 113 Å². The maximum atomic E-state index is 13.4. The Labute approximate surface area is 462 Å². The van der Waals surface area contributed by atoms with Gasteiger partial charge in [0.15, 0.2) is 0 Å². The standard InChI is InChI=1S/C28H27BN2O4S.C22H24BNO2.C10H14.CH3.ClH.Ru/c1-21-16-18-25(19-17-21)36(33,34)31-28(23-12-6-3-7-13-23)27(22-10-4-2-5-11-22)30-20-24-14-8-9-15-26(24)35-29-32;1-17(18-10-4-2-5-11-18)22(19-12-6-3-7-13-19)24-16-20-14-8-9-15-21(20)23(25)26;1-8(2)10-6-4-9(3)5-7-10;;;/h2-19,27-28,30,32H,20H2,1H3;2-15,17,22,24-26H,16H2,1H3;4-8H,1-3H3;1H3;1H;/q-1;;;-1;;+4/p-1/t27-,28-;17-,22+;;;;/m00..../s1. The van der Waals surface area contributed by atoms with Crippen molar-refractivity contribution in [3.05, 3.63) is 281 Å². The zero-order valence-electron chi connectivity index (χ0n) is 43.4. The number of nitrogens with zero attached hydrogens (tertiary/aromatic N) is 1. The number of aryl methyl sites for hydroxylation is 2. The van der Waals surface area contributed by atoms with Crippen LogP contribution < -0.4 is 20.8 Å². The van der Waals surface area contributed by atoms with Crippen LogP contribution in [0.4, 0.5) is 0 Å². The van der Waals surface area contributed by atoms with E-state index in [0.717, 1.165) is 27.8 Å². The molecule has 0 fully saturated rings. The van der Waals surface area contributed by atoms with Crippen LogP contribution in [-0.2, 0) is 40.4 Å². The summed E-state index contributed by atoms with van der Waals surface area (Å²) in [6.45, 7) is 11.6. The molecule has 0 heterocycles. The molecule has 0 aromatic heterocycles. The molecule has 8 aromatic carbocycles. The van der Waals surface area contributed by atoms with E-state index < -0.39 is 29.2 Å². The SMILES string of the molecule is C[C@@H](c1ccccc1)[C@@H](NCc1ccccc1B(O)O)c1ccccc1.Cc1ccc(C(C)C)cc1.Cc1ccc(S(=O)(=O)[N-][C@@H](c2ccccc2)[C@@H](NCc2ccccc2O[B]O)c2ccccc2)cc1.[CH3-].[Cl][Ru+3]. The van der Waals surface area contributed by atoms with Crippen molar-refractivity contribution in [3.8, 4) is 5.75 Å². The quantitative estimate of drug-likeness (QED) is 0.0398. The Morgan fingerprint density at radius 1 is 0.547 bits per heavy atom. The van der Waals surface area contributed by atoms with Gasteiger partial charge in [-0.2, -0.15) is 0 Å². The first kappa shape index (κ1) is 61.9. The molecular formula is C61H68B2ClN3O6RuS+. The molecule has 0 saturated carbocycles. The number of sulfonamides is 1. The van der Waals surface area contributed by atoms with E-state index in [1.165, 1.54) is 22.3 Å². The maximum absolute atomic E-state index is 13.4. The summed E-state index contributed by atoms with van der Waals surface area (Å²) in [7, 11) is -0.207. The summed E-state index contributed by atoms with van der Waals surface area (Å²) >= 11 is 1.82. The van der Waals surface area contributed by atoms with E-state index in [9.17, 15) is 18.5 Å². The molecule has 0 aliphatic rings. The van der Waals surface area contributed by atoms with Gasteiger partial charge in [0.1, 0.15) is 15.8 Å². The number of halogens is 1. The Morgan fingerprint density at radius 3 is 1.47 bits per heavy atom.